The van der Waals surface area contributed by atoms with Gasteiger partial charge in [-0.2, -0.15) is 0 Å². The molecule has 0 spiro atoms. The first-order valence-corrected chi connectivity index (χ1v) is 7.60. The highest BCUT2D eigenvalue weighted by Crippen LogP contribution is 2.40. The molecule has 6 nitrogen and oxygen atoms in total. The van der Waals surface area contributed by atoms with Gasteiger partial charge in [-0.15, -0.1) is 11.6 Å². The maximum atomic E-state index is 11.4. The highest BCUT2D eigenvalue weighted by molar-refractivity contribution is 6.28. The van der Waals surface area contributed by atoms with Crippen LogP contribution < -0.4 is 15.2 Å². The SMILES string of the molecule is COc1c(OCc2ccccc2)ccc(C(=O)O)c1N=C(N)CCl. The molecule has 24 heavy (non-hydrogen) atoms. The van der Waals surface area contributed by atoms with E-state index < -0.39 is 5.97 Å². The molecule has 0 amide bonds. The van der Waals surface area contributed by atoms with Crippen molar-refractivity contribution in [2.75, 3.05) is 13.0 Å². The van der Waals surface area contributed by atoms with Crippen molar-refractivity contribution in [1.29, 1.82) is 0 Å². The molecule has 0 aliphatic heterocycles. The Bertz CT molecular complexity index is 748. The lowest BCUT2D eigenvalue weighted by Crippen LogP contribution is -2.13. The zero-order valence-electron chi connectivity index (χ0n) is 13.0. The summed E-state index contributed by atoms with van der Waals surface area (Å²) in [7, 11) is 1.41. The number of ether oxygens (including phenoxy) is 2. The summed E-state index contributed by atoms with van der Waals surface area (Å²) in [5.74, 6) is -0.537. The molecular weight excluding hydrogens is 332 g/mol. The number of methoxy groups -OCH3 is 1. The van der Waals surface area contributed by atoms with E-state index in [1.807, 2.05) is 30.3 Å². The van der Waals surface area contributed by atoms with Gasteiger partial charge in [0.25, 0.3) is 0 Å². The number of halogens is 1. The van der Waals surface area contributed by atoms with Crippen molar-refractivity contribution >= 4 is 29.1 Å². The Hall–Kier alpha value is -2.73. The summed E-state index contributed by atoms with van der Waals surface area (Å²) in [4.78, 5) is 15.5. The maximum Gasteiger partial charge on any atom is 0.338 e. The molecule has 0 heterocycles. The third kappa shape index (κ3) is 4.17. The number of nitrogens with zero attached hydrogens (tertiary/aromatic N) is 1. The number of benzene rings is 2. The van der Waals surface area contributed by atoms with Gasteiger partial charge < -0.3 is 20.3 Å². The lowest BCUT2D eigenvalue weighted by molar-refractivity contribution is 0.0697. The molecule has 2 rings (SSSR count). The Balaban J connectivity index is 2.41. The van der Waals surface area contributed by atoms with E-state index in [9.17, 15) is 9.90 Å². The number of hydrogen-bond donors (Lipinski definition) is 2. The van der Waals surface area contributed by atoms with E-state index in [-0.39, 0.29) is 28.7 Å². The van der Waals surface area contributed by atoms with E-state index >= 15 is 0 Å². The summed E-state index contributed by atoms with van der Waals surface area (Å²) in [5, 5.41) is 9.33. The van der Waals surface area contributed by atoms with Crippen LogP contribution in [-0.4, -0.2) is 29.9 Å². The summed E-state index contributed by atoms with van der Waals surface area (Å²) >= 11 is 5.64. The molecule has 3 N–H and O–H groups in total. The average molecular weight is 349 g/mol. The van der Waals surface area contributed by atoms with Crippen molar-refractivity contribution in [2.45, 2.75) is 6.61 Å². The molecule has 2 aromatic rings. The van der Waals surface area contributed by atoms with Crippen LogP contribution >= 0.6 is 11.6 Å². The molecule has 0 fully saturated rings. The van der Waals surface area contributed by atoms with Gasteiger partial charge in [0.05, 0.1) is 18.6 Å². The van der Waals surface area contributed by atoms with E-state index in [0.717, 1.165) is 5.56 Å². The quantitative estimate of drug-likeness (QED) is 0.455. The topological polar surface area (TPSA) is 94.1 Å². The third-order valence-corrected chi connectivity index (χ3v) is 3.43. The fourth-order valence-electron chi connectivity index (χ4n) is 2.06. The molecule has 0 bridgehead atoms. The number of rotatable bonds is 7. The minimum absolute atomic E-state index is 0.0304. The Kier molecular flexibility index (Phi) is 6.03. The smallest absolute Gasteiger partial charge is 0.338 e. The third-order valence-electron chi connectivity index (χ3n) is 3.16. The van der Waals surface area contributed by atoms with E-state index in [0.29, 0.717) is 12.4 Å². The van der Waals surface area contributed by atoms with Crippen LogP contribution in [0.2, 0.25) is 0 Å². The Morgan fingerprint density at radius 3 is 2.54 bits per heavy atom. The summed E-state index contributed by atoms with van der Waals surface area (Å²) in [5.41, 5.74) is 6.63. The first kappa shape index (κ1) is 17.6. The first-order valence-electron chi connectivity index (χ1n) is 7.06. The van der Waals surface area contributed by atoms with Crippen LogP contribution in [0.4, 0.5) is 5.69 Å². The zero-order chi connectivity index (χ0) is 17.5. The van der Waals surface area contributed by atoms with Gasteiger partial charge >= 0.3 is 5.97 Å². The van der Waals surface area contributed by atoms with Crippen LogP contribution in [0.15, 0.2) is 47.5 Å². The van der Waals surface area contributed by atoms with Crippen LogP contribution in [0, 0.1) is 0 Å². The maximum absolute atomic E-state index is 11.4. The minimum atomic E-state index is -1.15. The van der Waals surface area contributed by atoms with Gasteiger partial charge in [-0.25, -0.2) is 9.79 Å². The Labute approximate surface area is 144 Å². The van der Waals surface area contributed by atoms with Gasteiger partial charge in [0.1, 0.15) is 18.1 Å². The van der Waals surface area contributed by atoms with Crippen molar-refractivity contribution < 1.29 is 19.4 Å². The fraction of sp³-hybridized carbons (Fsp3) is 0.176. The number of hydrogen-bond acceptors (Lipinski definition) is 4. The van der Waals surface area contributed by atoms with Crippen LogP contribution in [-0.2, 0) is 6.61 Å². The fourth-order valence-corrected chi connectivity index (χ4v) is 2.12. The number of carboxylic acid groups (broad SMARTS) is 1. The molecule has 0 unspecified atom stereocenters. The van der Waals surface area contributed by atoms with Gasteiger partial charge in [0, 0.05) is 0 Å². The largest absolute Gasteiger partial charge is 0.491 e. The monoisotopic (exact) mass is 348 g/mol. The molecule has 0 radical (unpaired) electrons. The van der Waals surface area contributed by atoms with Gasteiger partial charge in [-0.1, -0.05) is 30.3 Å². The molecule has 7 heteroatoms. The van der Waals surface area contributed by atoms with Crippen molar-refractivity contribution in [3.63, 3.8) is 0 Å². The van der Waals surface area contributed by atoms with Crippen molar-refractivity contribution in [2.24, 2.45) is 10.7 Å². The normalized spacial score (nSPS) is 11.2. The lowest BCUT2D eigenvalue weighted by Gasteiger charge is -2.14. The van der Waals surface area contributed by atoms with E-state index in [1.165, 1.54) is 19.2 Å². The average Bonchev–Trinajstić information content (AvgIpc) is 2.60. The second-order valence-corrected chi connectivity index (χ2v) is 5.08. The molecule has 0 atom stereocenters. The van der Waals surface area contributed by atoms with Crippen LogP contribution in [0.5, 0.6) is 11.5 Å². The van der Waals surface area contributed by atoms with Gasteiger partial charge in [-0.3, -0.25) is 0 Å². The standard InChI is InChI=1S/C17H17ClN2O4/c1-23-16-13(24-10-11-5-3-2-4-6-11)8-7-12(17(21)22)15(16)20-14(19)9-18/h2-8H,9-10H2,1H3,(H2,19,20)(H,21,22). The summed E-state index contributed by atoms with van der Waals surface area (Å²) in [6, 6.07) is 12.5. The highest BCUT2D eigenvalue weighted by atomic mass is 35.5. The first-order chi connectivity index (χ1) is 11.6. The number of carbonyl (C=O) groups is 1. The predicted octanol–water partition coefficient (Wildman–Crippen LogP) is 3.20. The molecule has 0 aromatic heterocycles. The Morgan fingerprint density at radius 2 is 1.96 bits per heavy atom. The number of aromatic carboxylic acids is 1. The molecular formula is C17H17ClN2O4. The lowest BCUT2D eigenvalue weighted by atomic mass is 10.1. The van der Waals surface area contributed by atoms with Crippen molar-refractivity contribution in [1.82, 2.24) is 0 Å². The van der Waals surface area contributed by atoms with Crippen molar-refractivity contribution in [3.05, 3.63) is 53.6 Å². The number of amidine groups is 1. The minimum Gasteiger partial charge on any atom is -0.491 e. The highest BCUT2D eigenvalue weighted by Gasteiger charge is 2.20. The van der Waals surface area contributed by atoms with Gasteiger partial charge in [0.2, 0.25) is 0 Å². The second kappa shape index (κ2) is 8.21. The van der Waals surface area contributed by atoms with Crippen molar-refractivity contribution in [3.8, 4) is 11.5 Å². The number of nitrogens with two attached hydrogens (primary N) is 1. The predicted molar refractivity (Wildman–Crippen MR) is 92.7 cm³/mol. The van der Waals surface area contributed by atoms with Gasteiger partial charge in [-0.05, 0) is 17.7 Å². The van der Waals surface area contributed by atoms with Crippen LogP contribution in [0.3, 0.4) is 0 Å². The molecule has 126 valence electrons. The number of carboxylic acids is 1. The van der Waals surface area contributed by atoms with E-state index in [1.54, 1.807) is 0 Å². The zero-order valence-corrected chi connectivity index (χ0v) is 13.8. The second-order valence-electron chi connectivity index (χ2n) is 4.81. The molecule has 0 aliphatic carbocycles. The Morgan fingerprint density at radius 1 is 1.25 bits per heavy atom. The van der Waals surface area contributed by atoms with Crippen LogP contribution in [0.1, 0.15) is 15.9 Å². The molecule has 0 saturated carbocycles. The molecule has 2 aromatic carbocycles. The van der Waals surface area contributed by atoms with E-state index in [4.69, 9.17) is 26.8 Å². The molecule has 0 saturated heterocycles. The van der Waals surface area contributed by atoms with E-state index in [2.05, 4.69) is 4.99 Å². The van der Waals surface area contributed by atoms with Gasteiger partial charge in [0.15, 0.2) is 11.5 Å². The summed E-state index contributed by atoms with van der Waals surface area (Å²) < 4.78 is 11.1. The molecule has 0 aliphatic rings. The number of alkyl halides is 1. The van der Waals surface area contributed by atoms with Crippen LogP contribution in [0.25, 0.3) is 0 Å². The summed E-state index contributed by atoms with van der Waals surface area (Å²) in [6.45, 7) is 0.303. The summed E-state index contributed by atoms with van der Waals surface area (Å²) in [6.07, 6.45) is 0. The number of aliphatic imine (C=N–C) groups is 1.